The van der Waals surface area contributed by atoms with Gasteiger partial charge in [0.25, 0.3) is 0 Å². The maximum absolute atomic E-state index is 6.28. The lowest BCUT2D eigenvalue weighted by atomic mass is 10.1. The number of rotatable bonds is 2. The van der Waals surface area contributed by atoms with Crippen molar-refractivity contribution >= 4 is 34.2 Å². The van der Waals surface area contributed by atoms with Gasteiger partial charge in [-0.1, -0.05) is 30.2 Å². The fraction of sp³-hybridized carbons (Fsp3) is 0.500. The van der Waals surface area contributed by atoms with Gasteiger partial charge in [0.2, 0.25) is 0 Å². The molecule has 1 heterocycles. The van der Waals surface area contributed by atoms with Gasteiger partial charge in [0.05, 0.1) is 5.02 Å². The van der Waals surface area contributed by atoms with Crippen LogP contribution in [0.4, 0.5) is 0 Å². The molecule has 0 unspecified atom stereocenters. The third-order valence-electron chi connectivity index (χ3n) is 2.87. The zero-order chi connectivity index (χ0) is 10.7. The molecule has 0 N–H and O–H groups in total. The summed E-state index contributed by atoms with van der Waals surface area (Å²) in [4.78, 5) is 2.50. The van der Waals surface area contributed by atoms with Crippen LogP contribution >= 0.6 is 34.2 Å². The van der Waals surface area contributed by atoms with E-state index < -0.39 is 0 Å². The lowest BCUT2D eigenvalue weighted by molar-refractivity contribution is 0.221. The highest BCUT2D eigenvalue weighted by Crippen LogP contribution is 2.24. The lowest BCUT2D eigenvalue weighted by Gasteiger charge is -2.26. The van der Waals surface area contributed by atoms with Crippen LogP contribution in [0.25, 0.3) is 0 Å². The quantitative estimate of drug-likeness (QED) is 0.740. The zero-order valence-corrected chi connectivity index (χ0v) is 11.6. The van der Waals surface area contributed by atoms with Crippen LogP contribution in [-0.4, -0.2) is 18.0 Å². The second kappa shape index (κ2) is 5.51. The molecule has 1 nitrogen and oxygen atoms in total. The average Bonchev–Trinajstić information content (AvgIpc) is 2.26. The summed E-state index contributed by atoms with van der Waals surface area (Å²) in [5, 5.41) is 0.934. The van der Waals surface area contributed by atoms with E-state index in [9.17, 15) is 0 Å². The maximum Gasteiger partial charge on any atom is 0.0584 e. The van der Waals surface area contributed by atoms with E-state index in [2.05, 4.69) is 45.7 Å². The second-order valence-corrected chi connectivity index (χ2v) is 5.59. The summed E-state index contributed by atoms with van der Waals surface area (Å²) in [6.07, 6.45) is 4.06. The number of hydrogen-bond donors (Lipinski definition) is 0. The molecule has 1 aromatic rings. The van der Waals surface area contributed by atoms with Crippen molar-refractivity contribution < 1.29 is 0 Å². The Bertz CT molecular complexity index is 334. The first-order chi connectivity index (χ1) is 7.27. The molecule has 1 saturated heterocycles. The van der Waals surface area contributed by atoms with Crippen molar-refractivity contribution in [3.05, 3.63) is 32.4 Å². The number of halogens is 2. The molecule has 2 rings (SSSR count). The van der Waals surface area contributed by atoms with Gasteiger partial charge in [-0.3, -0.25) is 4.90 Å². The summed E-state index contributed by atoms with van der Waals surface area (Å²) in [6.45, 7) is 3.46. The Labute approximate surface area is 110 Å². The summed E-state index contributed by atoms with van der Waals surface area (Å²) in [5.74, 6) is 0. The van der Waals surface area contributed by atoms with E-state index in [-0.39, 0.29) is 0 Å². The Morgan fingerprint density at radius 3 is 2.67 bits per heavy atom. The molecule has 1 aliphatic heterocycles. The van der Waals surface area contributed by atoms with Crippen LogP contribution in [0, 0.1) is 3.57 Å². The molecule has 15 heavy (non-hydrogen) atoms. The maximum atomic E-state index is 6.28. The zero-order valence-electron chi connectivity index (χ0n) is 8.68. The molecule has 1 aromatic carbocycles. The van der Waals surface area contributed by atoms with Crippen molar-refractivity contribution in [2.24, 2.45) is 0 Å². The number of likely N-dealkylation sites (tertiary alicyclic amines) is 1. The van der Waals surface area contributed by atoms with Crippen LogP contribution < -0.4 is 0 Å². The first kappa shape index (κ1) is 11.7. The third kappa shape index (κ3) is 3.08. The van der Waals surface area contributed by atoms with Crippen LogP contribution in [0.2, 0.25) is 5.02 Å². The molecule has 0 aliphatic carbocycles. The molecular weight excluding hydrogens is 320 g/mol. The van der Waals surface area contributed by atoms with Gasteiger partial charge < -0.3 is 0 Å². The molecular formula is C12H15ClIN. The van der Waals surface area contributed by atoms with Gasteiger partial charge in [0, 0.05) is 10.1 Å². The average molecular weight is 336 g/mol. The van der Waals surface area contributed by atoms with Crippen molar-refractivity contribution in [2.75, 3.05) is 13.1 Å². The Kier molecular flexibility index (Phi) is 4.29. The molecule has 1 fully saturated rings. The van der Waals surface area contributed by atoms with Gasteiger partial charge in [-0.2, -0.15) is 0 Å². The molecule has 0 atom stereocenters. The standard InChI is InChI=1S/C12H15ClIN/c13-12-10(5-4-6-11(12)14)9-15-7-2-1-3-8-15/h4-6H,1-3,7-9H2. The summed E-state index contributed by atoms with van der Waals surface area (Å²) >= 11 is 8.57. The largest absolute Gasteiger partial charge is 0.299 e. The van der Waals surface area contributed by atoms with Gasteiger partial charge in [0.15, 0.2) is 0 Å². The highest BCUT2D eigenvalue weighted by atomic mass is 127. The van der Waals surface area contributed by atoms with Gasteiger partial charge in [0.1, 0.15) is 0 Å². The molecule has 1 aliphatic rings. The highest BCUT2D eigenvalue weighted by Gasteiger charge is 2.12. The fourth-order valence-electron chi connectivity index (χ4n) is 2.03. The minimum Gasteiger partial charge on any atom is -0.299 e. The molecule has 0 radical (unpaired) electrons. The first-order valence-electron chi connectivity index (χ1n) is 5.42. The smallest absolute Gasteiger partial charge is 0.0584 e. The van der Waals surface area contributed by atoms with Crippen molar-refractivity contribution in [3.8, 4) is 0 Å². The van der Waals surface area contributed by atoms with Crippen molar-refractivity contribution in [2.45, 2.75) is 25.8 Å². The molecule has 0 saturated carbocycles. The van der Waals surface area contributed by atoms with Crippen molar-refractivity contribution in [1.82, 2.24) is 4.90 Å². The summed E-state index contributed by atoms with van der Waals surface area (Å²) < 4.78 is 1.16. The topological polar surface area (TPSA) is 3.24 Å². The van der Waals surface area contributed by atoms with Crippen molar-refractivity contribution in [1.29, 1.82) is 0 Å². The minimum atomic E-state index is 0.934. The van der Waals surface area contributed by atoms with Crippen molar-refractivity contribution in [3.63, 3.8) is 0 Å². The van der Waals surface area contributed by atoms with Gasteiger partial charge in [-0.15, -0.1) is 0 Å². The van der Waals surface area contributed by atoms with Crippen LogP contribution in [0.1, 0.15) is 24.8 Å². The number of piperidine rings is 1. The Morgan fingerprint density at radius 1 is 1.20 bits per heavy atom. The molecule has 82 valence electrons. The van der Waals surface area contributed by atoms with E-state index >= 15 is 0 Å². The first-order valence-corrected chi connectivity index (χ1v) is 6.88. The van der Waals surface area contributed by atoms with Crippen LogP contribution in [-0.2, 0) is 6.54 Å². The van der Waals surface area contributed by atoms with E-state index in [1.807, 2.05) is 0 Å². The van der Waals surface area contributed by atoms with E-state index in [4.69, 9.17) is 11.6 Å². The molecule has 0 bridgehead atoms. The molecule has 0 aromatic heterocycles. The summed E-state index contributed by atoms with van der Waals surface area (Å²) in [6, 6.07) is 6.29. The normalized spacial score (nSPS) is 18.0. The lowest BCUT2D eigenvalue weighted by Crippen LogP contribution is -2.29. The molecule has 0 amide bonds. The molecule has 3 heteroatoms. The van der Waals surface area contributed by atoms with E-state index in [1.54, 1.807) is 0 Å². The molecule has 0 spiro atoms. The van der Waals surface area contributed by atoms with Crippen LogP contribution in [0.15, 0.2) is 18.2 Å². The van der Waals surface area contributed by atoms with Gasteiger partial charge in [-0.25, -0.2) is 0 Å². The summed E-state index contributed by atoms with van der Waals surface area (Å²) in [7, 11) is 0. The van der Waals surface area contributed by atoms with Gasteiger partial charge in [-0.05, 0) is 60.2 Å². The number of hydrogen-bond acceptors (Lipinski definition) is 1. The Morgan fingerprint density at radius 2 is 1.93 bits per heavy atom. The second-order valence-electron chi connectivity index (χ2n) is 4.05. The highest BCUT2D eigenvalue weighted by molar-refractivity contribution is 14.1. The number of benzene rings is 1. The van der Waals surface area contributed by atoms with Crippen LogP contribution in [0.5, 0.6) is 0 Å². The van der Waals surface area contributed by atoms with E-state index in [0.29, 0.717) is 0 Å². The van der Waals surface area contributed by atoms with E-state index in [1.165, 1.54) is 37.9 Å². The third-order valence-corrected chi connectivity index (χ3v) is 4.54. The van der Waals surface area contributed by atoms with Gasteiger partial charge >= 0.3 is 0 Å². The van der Waals surface area contributed by atoms with E-state index in [0.717, 1.165) is 15.1 Å². The predicted molar refractivity (Wildman–Crippen MR) is 73.3 cm³/mol. The number of nitrogens with zero attached hydrogens (tertiary/aromatic N) is 1. The SMILES string of the molecule is Clc1c(I)cccc1CN1CCCCC1. The van der Waals surface area contributed by atoms with Crippen LogP contribution in [0.3, 0.4) is 0 Å². The minimum absolute atomic E-state index is 0.934. The monoisotopic (exact) mass is 335 g/mol. The predicted octanol–water partition coefficient (Wildman–Crippen LogP) is 3.93. The summed E-state index contributed by atoms with van der Waals surface area (Å²) in [5.41, 5.74) is 1.27. The fourth-order valence-corrected chi connectivity index (χ4v) is 2.77. The Hall–Kier alpha value is 0.200. The Balaban J connectivity index is 2.06.